The van der Waals surface area contributed by atoms with Gasteiger partial charge in [0.15, 0.2) is 5.16 Å². The highest BCUT2D eigenvalue weighted by Gasteiger charge is 2.39. The lowest BCUT2D eigenvalue weighted by atomic mass is 10.1. The van der Waals surface area contributed by atoms with Gasteiger partial charge in [0.25, 0.3) is 5.56 Å². The predicted octanol–water partition coefficient (Wildman–Crippen LogP) is 7.62. The highest BCUT2D eigenvalue weighted by molar-refractivity contribution is 7.99. The van der Waals surface area contributed by atoms with Crippen LogP contribution in [0.5, 0.6) is 0 Å². The van der Waals surface area contributed by atoms with Crippen molar-refractivity contribution in [2.45, 2.75) is 34.7 Å². The summed E-state index contributed by atoms with van der Waals surface area (Å²) in [6, 6.07) is 32.7. The molecule has 1 aromatic heterocycles. The van der Waals surface area contributed by atoms with E-state index in [9.17, 15) is 13.2 Å². The lowest BCUT2D eigenvalue weighted by Gasteiger charge is -2.24. The zero-order valence-corrected chi connectivity index (χ0v) is 25.5. The van der Waals surface area contributed by atoms with Gasteiger partial charge < -0.3 is 0 Å². The van der Waals surface area contributed by atoms with Gasteiger partial charge in [0.2, 0.25) is 10.0 Å². The molecule has 7 rings (SSSR count). The molecule has 0 spiro atoms. The van der Waals surface area contributed by atoms with Crippen LogP contribution >= 0.6 is 23.4 Å². The molecule has 43 heavy (non-hydrogen) atoms. The Morgan fingerprint density at radius 2 is 1.56 bits per heavy atom. The number of para-hydroxylation sites is 1. The quantitative estimate of drug-likeness (QED) is 0.185. The molecule has 6 nitrogen and oxygen atoms in total. The van der Waals surface area contributed by atoms with Gasteiger partial charge in [-0.1, -0.05) is 91.0 Å². The van der Waals surface area contributed by atoms with Crippen LogP contribution in [0.1, 0.15) is 34.9 Å². The average Bonchev–Trinajstić information content (AvgIpc) is 3.30. The Morgan fingerprint density at radius 3 is 2.28 bits per heavy atom. The van der Waals surface area contributed by atoms with Gasteiger partial charge in [-0.3, -0.25) is 9.36 Å². The van der Waals surface area contributed by atoms with Gasteiger partial charge in [-0.05, 0) is 82.4 Å². The van der Waals surface area contributed by atoms with E-state index in [1.807, 2.05) is 78.9 Å². The van der Waals surface area contributed by atoms with E-state index in [4.69, 9.17) is 16.6 Å². The van der Waals surface area contributed by atoms with Gasteiger partial charge >= 0.3 is 0 Å². The molecule has 0 fully saturated rings. The van der Waals surface area contributed by atoms with Gasteiger partial charge in [-0.25, -0.2) is 18.1 Å². The van der Waals surface area contributed by atoms with Crippen molar-refractivity contribution < 1.29 is 8.42 Å². The summed E-state index contributed by atoms with van der Waals surface area (Å²) in [5, 5.41) is 3.08. The largest absolute Gasteiger partial charge is 0.268 e. The highest BCUT2D eigenvalue weighted by atomic mass is 35.5. The second kappa shape index (κ2) is 11.0. The van der Waals surface area contributed by atoms with Crippen molar-refractivity contribution in [1.82, 2.24) is 14.3 Å². The third kappa shape index (κ3) is 4.94. The Balaban J connectivity index is 1.40. The van der Waals surface area contributed by atoms with Gasteiger partial charge in [-0.15, -0.1) is 0 Å². The fourth-order valence-electron chi connectivity index (χ4n) is 5.76. The molecule has 0 radical (unpaired) electrons. The van der Waals surface area contributed by atoms with Gasteiger partial charge in [-0.2, -0.15) is 0 Å². The Labute approximate surface area is 258 Å². The second-order valence-electron chi connectivity index (χ2n) is 10.5. The molecule has 0 unspecified atom stereocenters. The van der Waals surface area contributed by atoms with Crippen LogP contribution in [0.4, 0.5) is 0 Å². The number of sulfonamides is 1. The van der Waals surface area contributed by atoms with Crippen LogP contribution in [0.25, 0.3) is 27.4 Å². The van der Waals surface area contributed by atoms with E-state index in [0.717, 1.165) is 33.9 Å². The van der Waals surface area contributed by atoms with Crippen LogP contribution in [0, 0.1) is 0 Å². The number of hydrogen-bond donors (Lipinski definition) is 1. The number of hydrogen-bond acceptors (Lipinski definition) is 5. The highest BCUT2D eigenvalue weighted by Crippen LogP contribution is 2.53. The number of thioether (sulfide) groups is 1. The van der Waals surface area contributed by atoms with Crippen molar-refractivity contribution in [1.29, 1.82) is 0 Å². The summed E-state index contributed by atoms with van der Waals surface area (Å²) in [6.45, 7) is 2.09. The van der Waals surface area contributed by atoms with Crippen molar-refractivity contribution >= 4 is 55.1 Å². The molecule has 0 saturated carbocycles. The number of benzene rings is 5. The fourth-order valence-corrected chi connectivity index (χ4v) is 8.54. The Kier molecular flexibility index (Phi) is 7.10. The van der Waals surface area contributed by atoms with Crippen LogP contribution < -0.4 is 10.3 Å². The number of nitrogens with zero attached hydrogens (tertiary/aromatic N) is 2. The molecule has 1 N–H and O–H groups in total. The Bertz CT molecular complexity index is 2180. The first-order valence-electron chi connectivity index (χ1n) is 13.9. The van der Waals surface area contributed by atoms with Crippen molar-refractivity contribution in [3.8, 4) is 5.69 Å². The van der Waals surface area contributed by atoms with Crippen molar-refractivity contribution in [3.05, 3.63) is 141 Å². The number of aryl methyl sites for hydroxylation is 1. The van der Waals surface area contributed by atoms with E-state index >= 15 is 0 Å². The first kappa shape index (κ1) is 27.9. The monoisotopic (exact) mass is 623 g/mol. The smallest absolute Gasteiger partial charge is 0.266 e. The average molecular weight is 624 g/mol. The number of halogens is 1. The molecule has 6 aromatic rings. The molecule has 1 heterocycles. The summed E-state index contributed by atoms with van der Waals surface area (Å²) < 4.78 is 32.0. The van der Waals surface area contributed by atoms with E-state index in [1.165, 1.54) is 23.9 Å². The topological polar surface area (TPSA) is 81.1 Å². The molecule has 1 aliphatic rings. The summed E-state index contributed by atoms with van der Waals surface area (Å²) in [5.41, 5.74) is 4.14. The Morgan fingerprint density at radius 1 is 0.860 bits per heavy atom. The minimum absolute atomic E-state index is 0.125. The van der Waals surface area contributed by atoms with E-state index in [0.29, 0.717) is 26.8 Å². The zero-order valence-electron chi connectivity index (χ0n) is 23.1. The number of nitrogens with one attached hydrogen (secondary N) is 1. The summed E-state index contributed by atoms with van der Waals surface area (Å²) in [4.78, 5) is 19.1. The van der Waals surface area contributed by atoms with E-state index in [1.54, 1.807) is 22.8 Å². The zero-order chi connectivity index (χ0) is 29.7. The third-order valence-corrected chi connectivity index (χ3v) is 10.9. The van der Waals surface area contributed by atoms with E-state index in [-0.39, 0.29) is 10.5 Å². The number of rotatable bonds is 7. The normalized spacial score (nSPS) is 16.2. The number of aromatic nitrogens is 2. The number of fused-ring (bicyclic) bond motifs is 1. The van der Waals surface area contributed by atoms with Crippen LogP contribution in [0.2, 0.25) is 5.02 Å². The standard InChI is InChI=1S/C34H26ClN3O3S2/c1-2-21-13-17-24(18-14-21)38-33(39)26-9-3-4-12-29(26)36-34(38)42-32-28-11-6-8-22-7-5-10-27(30(22)28)31(32)37-43(40,41)25-19-15-23(35)16-20-25/h3-20,31-32,37H,2H2,1H3/t31-,32+/m0/s1. The van der Waals surface area contributed by atoms with Crippen molar-refractivity contribution in [2.24, 2.45) is 0 Å². The van der Waals surface area contributed by atoms with Crippen LogP contribution in [0.15, 0.2) is 124 Å². The first-order chi connectivity index (χ1) is 20.8. The summed E-state index contributed by atoms with van der Waals surface area (Å²) in [5.74, 6) is 0. The minimum Gasteiger partial charge on any atom is -0.268 e. The molecule has 0 saturated heterocycles. The van der Waals surface area contributed by atoms with E-state index in [2.05, 4.69) is 11.6 Å². The minimum atomic E-state index is -3.92. The molecule has 0 aliphatic heterocycles. The van der Waals surface area contributed by atoms with Crippen LogP contribution in [0.3, 0.4) is 0 Å². The summed E-state index contributed by atoms with van der Waals surface area (Å²) >= 11 is 7.43. The van der Waals surface area contributed by atoms with Crippen LogP contribution in [-0.2, 0) is 16.4 Å². The Hall–Kier alpha value is -3.95. The molecular weight excluding hydrogens is 598 g/mol. The molecule has 2 atom stereocenters. The van der Waals surface area contributed by atoms with Crippen molar-refractivity contribution in [2.75, 3.05) is 0 Å². The third-order valence-electron chi connectivity index (χ3n) is 7.90. The lowest BCUT2D eigenvalue weighted by Crippen LogP contribution is -2.30. The summed E-state index contributed by atoms with van der Waals surface area (Å²) in [7, 11) is -3.92. The molecule has 0 amide bonds. The maximum Gasteiger partial charge on any atom is 0.266 e. The van der Waals surface area contributed by atoms with Gasteiger partial charge in [0, 0.05) is 5.02 Å². The van der Waals surface area contributed by atoms with Crippen molar-refractivity contribution in [3.63, 3.8) is 0 Å². The fraction of sp³-hybridized carbons (Fsp3) is 0.118. The summed E-state index contributed by atoms with van der Waals surface area (Å²) in [6.07, 6.45) is 0.881. The maximum atomic E-state index is 14.0. The molecule has 5 aromatic carbocycles. The van der Waals surface area contributed by atoms with Gasteiger partial charge in [0.05, 0.1) is 32.8 Å². The second-order valence-corrected chi connectivity index (χ2v) is 13.7. The molecule has 1 aliphatic carbocycles. The van der Waals surface area contributed by atoms with E-state index < -0.39 is 21.3 Å². The SMILES string of the molecule is CCc1ccc(-n2c(S[C@@H]3c4cccc5cccc(c45)[C@@H]3NS(=O)(=O)c3ccc(Cl)cc3)nc3ccccc3c2=O)cc1. The maximum absolute atomic E-state index is 14.0. The lowest BCUT2D eigenvalue weighted by molar-refractivity contribution is 0.557. The van der Waals surface area contributed by atoms with Crippen LogP contribution in [-0.4, -0.2) is 18.0 Å². The molecular formula is C34H26ClN3O3S2. The molecule has 9 heteroatoms. The van der Waals surface area contributed by atoms with Gasteiger partial charge in [0.1, 0.15) is 0 Å². The first-order valence-corrected chi connectivity index (χ1v) is 16.7. The predicted molar refractivity (Wildman–Crippen MR) is 174 cm³/mol. The molecule has 0 bridgehead atoms. The molecule has 214 valence electrons.